The van der Waals surface area contributed by atoms with Crippen LogP contribution in [0.25, 0.3) is 0 Å². The van der Waals surface area contributed by atoms with Gasteiger partial charge in [-0.15, -0.1) is 0 Å². The van der Waals surface area contributed by atoms with Gasteiger partial charge in [0.15, 0.2) is 11.5 Å². The molecule has 8 heteroatoms. The van der Waals surface area contributed by atoms with Gasteiger partial charge in [0, 0.05) is 5.56 Å². The molecule has 0 spiro atoms. The fourth-order valence-electron chi connectivity index (χ4n) is 2.04. The lowest BCUT2D eigenvalue weighted by atomic mass is 10.2. The Bertz CT molecular complexity index is 824. The summed E-state index contributed by atoms with van der Waals surface area (Å²) in [7, 11) is 3.05. The first kappa shape index (κ1) is 18.9. The Morgan fingerprint density at radius 3 is 2.58 bits per heavy atom. The van der Waals surface area contributed by atoms with E-state index in [0.29, 0.717) is 17.1 Å². The molecule has 0 bridgehead atoms. The number of carbonyl (C=O) groups excluding carboxylic acids is 2. The van der Waals surface area contributed by atoms with Crippen molar-refractivity contribution in [1.82, 2.24) is 10.7 Å². The number of nitrogens with one attached hydrogen (secondary N) is 2. The highest BCUT2D eigenvalue weighted by Crippen LogP contribution is 2.26. The lowest BCUT2D eigenvalue weighted by Gasteiger charge is -2.07. The standard InChI is InChI=1S/C18H18FN3O4/c1-25-15-7-6-12(8-16(15)26-2)10-21-22-17(23)11-20-18(24)13-4-3-5-14(19)9-13/h3-10H,11H2,1-2H3,(H,20,24)(H,22,23)/b21-10-. The van der Waals surface area contributed by atoms with Gasteiger partial charge in [-0.25, -0.2) is 9.82 Å². The van der Waals surface area contributed by atoms with Crippen LogP contribution in [-0.4, -0.2) is 38.8 Å². The monoisotopic (exact) mass is 359 g/mol. The summed E-state index contributed by atoms with van der Waals surface area (Å²) in [5.74, 6) is -0.490. The third-order valence-electron chi connectivity index (χ3n) is 3.31. The fraction of sp³-hybridized carbons (Fsp3) is 0.167. The molecular weight excluding hydrogens is 341 g/mol. The van der Waals surface area contributed by atoms with Gasteiger partial charge in [-0.2, -0.15) is 5.10 Å². The molecule has 26 heavy (non-hydrogen) atoms. The largest absolute Gasteiger partial charge is 0.493 e. The highest BCUT2D eigenvalue weighted by Gasteiger charge is 2.08. The van der Waals surface area contributed by atoms with E-state index in [1.807, 2.05) is 0 Å². The van der Waals surface area contributed by atoms with E-state index in [9.17, 15) is 14.0 Å². The van der Waals surface area contributed by atoms with Crippen molar-refractivity contribution >= 4 is 18.0 Å². The maximum absolute atomic E-state index is 13.1. The van der Waals surface area contributed by atoms with Crippen LogP contribution in [0, 0.1) is 5.82 Å². The minimum Gasteiger partial charge on any atom is -0.493 e. The number of hydrogen-bond acceptors (Lipinski definition) is 5. The van der Waals surface area contributed by atoms with Crippen LogP contribution >= 0.6 is 0 Å². The number of ether oxygens (including phenoxy) is 2. The summed E-state index contributed by atoms with van der Waals surface area (Å²) in [4.78, 5) is 23.5. The molecule has 0 saturated heterocycles. The van der Waals surface area contributed by atoms with Gasteiger partial charge in [0.2, 0.25) is 0 Å². The Morgan fingerprint density at radius 1 is 1.12 bits per heavy atom. The van der Waals surface area contributed by atoms with Gasteiger partial charge in [0.1, 0.15) is 5.82 Å². The molecule has 2 amide bonds. The second-order valence-corrected chi connectivity index (χ2v) is 5.10. The number of benzene rings is 2. The minimum atomic E-state index is -0.552. The van der Waals surface area contributed by atoms with Crippen molar-refractivity contribution < 1.29 is 23.5 Å². The third kappa shape index (κ3) is 5.30. The van der Waals surface area contributed by atoms with Crippen molar-refractivity contribution in [3.8, 4) is 11.5 Å². The first-order valence-corrected chi connectivity index (χ1v) is 7.61. The minimum absolute atomic E-state index is 0.131. The first-order chi connectivity index (χ1) is 12.5. The first-order valence-electron chi connectivity index (χ1n) is 7.61. The van der Waals surface area contributed by atoms with E-state index >= 15 is 0 Å². The molecular formula is C18H18FN3O4. The third-order valence-corrected chi connectivity index (χ3v) is 3.31. The molecule has 7 nitrogen and oxygen atoms in total. The lowest BCUT2D eigenvalue weighted by Crippen LogP contribution is -2.34. The Labute approximate surface area is 149 Å². The maximum atomic E-state index is 13.1. The molecule has 0 unspecified atom stereocenters. The number of hydrogen-bond donors (Lipinski definition) is 2. The van der Waals surface area contributed by atoms with Crippen LogP contribution in [0.3, 0.4) is 0 Å². The van der Waals surface area contributed by atoms with Crippen molar-refractivity contribution in [2.75, 3.05) is 20.8 Å². The van der Waals surface area contributed by atoms with Gasteiger partial charge in [-0.05, 0) is 42.0 Å². The summed E-state index contributed by atoms with van der Waals surface area (Å²) in [6.45, 7) is -0.293. The number of rotatable bonds is 7. The Hall–Kier alpha value is -3.42. The van der Waals surface area contributed by atoms with Crippen molar-refractivity contribution in [2.24, 2.45) is 5.10 Å². The zero-order valence-corrected chi connectivity index (χ0v) is 14.3. The van der Waals surface area contributed by atoms with E-state index < -0.39 is 17.6 Å². The van der Waals surface area contributed by atoms with E-state index in [-0.39, 0.29) is 12.1 Å². The maximum Gasteiger partial charge on any atom is 0.259 e. The molecule has 0 aliphatic carbocycles. The number of amides is 2. The highest BCUT2D eigenvalue weighted by atomic mass is 19.1. The molecule has 2 rings (SSSR count). The van der Waals surface area contributed by atoms with Crippen molar-refractivity contribution in [1.29, 1.82) is 0 Å². The van der Waals surface area contributed by atoms with Crippen LogP contribution in [0.2, 0.25) is 0 Å². The molecule has 0 aromatic heterocycles. The molecule has 2 N–H and O–H groups in total. The van der Waals surface area contributed by atoms with Gasteiger partial charge in [0.05, 0.1) is 27.0 Å². The fourth-order valence-corrected chi connectivity index (χ4v) is 2.04. The van der Waals surface area contributed by atoms with Crippen LogP contribution in [0.1, 0.15) is 15.9 Å². The average Bonchev–Trinajstić information content (AvgIpc) is 2.65. The van der Waals surface area contributed by atoms with Gasteiger partial charge in [-0.3, -0.25) is 9.59 Å². The number of halogens is 1. The van der Waals surface area contributed by atoms with Crippen molar-refractivity contribution in [2.45, 2.75) is 0 Å². The van der Waals surface area contributed by atoms with E-state index in [1.54, 1.807) is 18.2 Å². The molecule has 2 aromatic carbocycles. The van der Waals surface area contributed by atoms with Crippen LogP contribution in [0.15, 0.2) is 47.6 Å². The summed E-state index contributed by atoms with van der Waals surface area (Å²) in [6.07, 6.45) is 1.42. The molecule has 0 aliphatic rings. The summed E-state index contributed by atoms with van der Waals surface area (Å²) < 4.78 is 23.4. The van der Waals surface area contributed by atoms with E-state index in [4.69, 9.17) is 9.47 Å². The number of nitrogens with zero attached hydrogens (tertiary/aromatic N) is 1. The van der Waals surface area contributed by atoms with Gasteiger partial charge in [0.25, 0.3) is 11.8 Å². The zero-order chi connectivity index (χ0) is 18.9. The van der Waals surface area contributed by atoms with Gasteiger partial charge >= 0.3 is 0 Å². The summed E-state index contributed by atoms with van der Waals surface area (Å²) >= 11 is 0. The molecule has 0 aliphatic heterocycles. The van der Waals surface area contributed by atoms with Crippen LogP contribution < -0.4 is 20.2 Å². The Morgan fingerprint density at radius 2 is 1.88 bits per heavy atom. The van der Waals surface area contributed by atoms with E-state index in [1.165, 1.54) is 38.6 Å². The molecule has 136 valence electrons. The van der Waals surface area contributed by atoms with Crippen LogP contribution in [-0.2, 0) is 4.79 Å². The second kappa shape index (κ2) is 9.16. The molecule has 0 radical (unpaired) electrons. The lowest BCUT2D eigenvalue weighted by molar-refractivity contribution is -0.120. The van der Waals surface area contributed by atoms with Crippen molar-refractivity contribution in [3.63, 3.8) is 0 Å². The summed E-state index contributed by atoms with van der Waals surface area (Å²) in [5, 5.41) is 6.18. The molecule has 0 atom stereocenters. The van der Waals surface area contributed by atoms with Crippen molar-refractivity contribution in [3.05, 3.63) is 59.4 Å². The Kier molecular flexibility index (Phi) is 6.67. The van der Waals surface area contributed by atoms with Gasteiger partial charge in [-0.1, -0.05) is 6.07 Å². The predicted octanol–water partition coefficient (Wildman–Crippen LogP) is 1.72. The molecule has 0 saturated carbocycles. The normalized spacial score (nSPS) is 10.4. The summed E-state index contributed by atoms with van der Waals surface area (Å²) in [5.41, 5.74) is 3.10. The highest BCUT2D eigenvalue weighted by molar-refractivity contribution is 5.96. The molecule has 0 heterocycles. The zero-order valence-electron chi connectivity index (χ0n) is 14.3. The quantitative estimate of drug-likeness (QED) is 0.582. The van der Waals surface area contributed by atoms with Gasteiger partial charge < -0.3 is 14.8 Å². The van der Waals surface area contributed by atoms with Crippen LogP contribution in [0.5, 0.6) is 11.5 Å². The van der Waals surface area contributed by atoms with Crippen LogP contribution in [0.4, 0.5) is 4.39 Å². The molecule has 0 fully saturated rings. The summed E-state index contributed by atoms with van der Waals surface area (Å²) in [6, 6.07) is 10.3. The smallest absolute Gasteiger partial charge is 0.259 e. The average molecular weight is 359 g/mol. The number of hydrazone groups is 1. The predicted molar refractivity (Wildman–Crippen MR) is 94.0 cm³/mol. The van der Waals surface area contributed by atoms with E-state index in [2.05, 4.69) is 15.8 Å². The topological polar surface area (TPSA) is 89.0 Å². The Balaban J connectivity index is 1.85. The number of methoxy groups -OCH3 is 2. The second-order valence-electron chi connectivity index (χ2n) is 5.10. The SMILES string of the molecule is COc1ccc(/C=N\NC(=O)CNC(=O)c2cccc(F)c2)cc1OC. The molecule has 2 aromatic rings. The number of carbonyl (C=O) groups is 2. The van der Waals surface area contributed by atoms with E-state index in [0.717, 1.165) is 6.07 Å².